The van der Waals surface area contributed by atoms with E-state index in [-0.39, 0.29) is 29.2 Å². The van der Waals surface area contributed by atoms with Gasteiger partial charge < -0.3 is 14.7 Å². The summed E-state index contributed by atoms with van der Waals surface area (Å²) in [4.78, 5) is 45.3. The van der Waals surface area contributed by atoms with Crippen molar-refractivity contribution in [2.45, 2.75) is 32.9 Å². The lowest BCUT2D eigenvalue weighted by atomic mass is 9.94. The minimum Gasteiger partial charge on any atom is -0.342 e. The highest BCUT2D eigenvalue weighted by atomic mass is 19.4. The molecule has 0 saturated carbocycles. The van der Waals surface area contributed by atoms with Gasteiger partial charge in [0, 0.05) is 63.8 Å². The van der Waals surface area contributed by atoms with Gasteiger partial charge in [-0.2, -0.15) is 13.2 Å². The maximum Gasteiger partial charge on any atom is 0.416 e. The maximum atomic E-state index is 13.0. The van der Waals surface area contributed by atoms with Crippen LogP contribution in [0.25, 0.3) is 0 Å². The second-order valence-corrected chi connectivity index (χ2v) is 8.81. The summed E-state index contributed by atoms with van der Waals surface area (Å²) < 4.78 is 38.2. The van der Waals surface area contributed by atoms with Crippen molar-refractivity contribution in [2.24, 2.45) is 5.92 Å². The molecule has 3 rings (SSSR count). The third-order valence-corrected chi connectivity index (χ3v) is 6.75. The van der Waals surface area contributed by atoms with Crippen molar-refractivity contribution in [3.8, 4) is 0 Å². The van der Waals surface area contributed by atoms with Gasteiger partial charge in [0.05, 0.1) is 12.1 Å². The lowest BCUT2D eigenvalue weighted by Crippen LogP contribution is -2.53. The van der Waals surface area contributed by atoms with Crippen molar-refractivity contribution >= 4 is 17.7 Å². The van der Waals surface area contributed by atoms with E-state index < -0.39 is 11.7 Å². The van der Waals surface area contributed by atoms with Crippen LogP contribution in [0.5, 0.6) is 0 Å². The van der Waals surface area contributed by atoms with Crippen LogP contribution in [-0.4, -0.2) is 96.2 Å². The summed E-state index contributed by atoms with van der Waals surface area (Å²) >= 11 is 0. The van der Waals surface area contributed by atoms with Crippen LogP contribution in [0.15, 0.2) is 24.3 Å². The number of hydrogen-bond acceptors (Lipinski definition) is 4. The number of carbonyl (C=O) groups excluding carboxylic acids is 3. The fourth-order valence-corrected chi connectivity index (χ4v) is 4.57. The molecule has 1 aromatic carbocycles. The van der Waals surface area contributed by atoms with E-state index in [0.717, 1.165) is 12.1 Å². The molecule has 3 amide bonds. The Morgan fingerprint density at radius 1 is 0.882 bits per heavy atom. The zero-order chi connectivity index (χ0) is 24.9. The lowest BCUT2D eigenvalue weighted by molar-refractivity contribution is -0.139. The Hall–Kier alpha value is -2.62. The summed E-state index contributed by atoms with van der Waals surface area (Å²) in [7, 11) is 0. The molecule has 2 aliphatic rings. The van der Waals surface area contributed by atoms with Crippen LogP contribution in [0, 0.1) is 5.92 Å². The number of halogens is 3. The van der Waals surface area contributed by atoms with Gasteiger partial charge in [-0.05, 0) is 51.0 Å². The van der Waals surface area contributed by atoms with Crippen LogP contribution in [-0.2, 0) is 15.8 Å². The Bertz CT molecular complexity index is 855. The number of piperidine rings is 1. The molecular formula is C24H33F3N4O3. The van der Waals surface area contributed by atoms with Crippen LogP contribution in [0.3, 0.4) is 0 Å². The average molecular weight is 483 g/mol. The van der Waals surface area contributed by atoms with Crippen molar-refractivity contribution in [1.82, 2.24) is 19.6 Å². The average Bonchev–Trinajstić information content (AvgIpc) is 2.84. The molecule has 10 heteroatoms. The third kappa shape index (κ3) is 6.28. The maximum absolute atomic E-state index is 13.0. The molecule has 0 N–H and O–H groups in total. The summed E-state index contributed by atoms with van der Waals surface area (Å²) in [5.74, 6) is -0.294. The molecule has 1 aromatic rings. The van der Waals surface area contributed by atoms with Gasteiger partial charge in [0.15, 0.2) is 0 Å². The van der Waals surface area contributed by atoms with Gasteiger partial charge in [-0.1, -0.05) is 0 Å². The summed E-state index contributed by atoms with van der Waals surface area (Å²) in [5.41, 5.74) is -0.570. The first-order chi connectivity index (χ1) is 16.1. The lowest BCUT2D eigenvalue weighted by Gasteiger charge is -2.38. The van der Waals surface area contributed by atoms with Crippen molar-refractivity contribution in [3.63, 3.8) is 0 Å². The Balaban J connectivity index is 1.45. The molecule has 2 aliphatic heterocycles. The first-order valence-corrected chi connectivity index (χ1v) is 11.9. The fraction of sp³-hybridized carbons (Fsp3) is 0.625. The van der Waals surface area contributed by atoms with Crippen molar-refractivity contribution in [2.75, 3.05) is 58.9 Å². The van der Waals surface area contributed by atoms with E-state index >= 15 is 0 Å². The number of hydrogen-bond donors (Lipinski definition) is 0. The van der Waals surface area contributed by atoms with E-state index in [1.807, 2.05) is 18.7 Å². The molecule has 188 valence electrons. The molecule has 0 aliphatic carbocycles. The van der Waals surface area contributed by atoms with Gasteiger partial charge in [-0.15, -0.1) is 0 Å². The zero-order valence-corrected chi connectivity index (χ0v) is 19.8. The Labute approximate surface area is 198 Å². The molecule has 0 bridgehead atoms. The Morgan fingerprint density at radius 3 is 1.94 bits per heavy atom. The number of benzene rings is 1. The second-order valence-electron chi connectivity index (χ2n) is 8.81. The normalized spacial score (nSPS) is 18.1. The fourth-order valence-electron chi connectivity index (χ4n) is 4.57. The molecule has 7 nitrogen and oxygen atoms in total. The van der Waals surface area contributed by atoms with Gasteiger partial charge in [0.2, 0.25) is 11.8 Å². The monoisotopic (exact) mass is 482 g/mol. The topological polar surface area (TPSA) is 64.2 Å². The highest BCUT2D eigenvalue weighted by molar-refractivity contribution is 5.94. The van der Waals surface area contributed by atoms with E-state index in [1.54, 1.807) is 9.80 Å². The highest BCUT2D eigenvalue weighted by Crippen LogP contribution is 2.29. The number of carbonyl (C=O) groups is 3. The van der Waals surface area contributed by atoms with E-state index in [1.165, 1.54) is 12.1 Å². The van der Waals surface area contributed by atoms with Gasteiger partial charge in [0.1, 0.15) is 0 Å². The van der Waals surface area contributed by atoms with Crippen LogP contribution in [0.1, 0.15) is 42.6 Å². The van der Waals surface area contributed by atoms with Crippen molar-refractivity contribution in [1.29, 1.82) is 0 Å². The van der Waals surface area contributed by atoms with Crippen LogP contribution in [0.4, 0.5) is 13.2 Å². The van der Waals surface area contributed by atoms with E-state index in [2.05, 4.69) is 4.90 Å². The van der Waals surface area contributed by atoms with Crippen molar-refractivity contribution < 1.29 is 27.6 Å². The number of amides is 3. The molecule has 0 unspecified atom stereocenters. The number of alkyl halides is 3. The van der Waals surface area contributed by atoms with Crippen molar-refractivity contribution in [3.05, 3.63) is 35.4 Å². The molecule has 2 saturated heterocycles. The smallest absolute Gasteiger partial charge is 0.342 e. The first-order valence-electron chi connectivity index (χ1n) is 11.9. The van der Waals surface area contributed by atoms with Crippen LogP contribution in [0.2, 0.25) is 0 Å². The summed E-state index contributed by atoms with van der Waals surface area (Å²) in [6, 6.07) is 4.23. The standard InChI is InChI=1S/C24H33F3N4O3/c1-3-29(4-2)21(32)17-28-13-15-31(16-14-28)23(34)19-9-11-30(12-10-19)22(33)18-5-7-20(8-6-18)24(25,26)27/h5-8,19H,3-4,9-17H2,1-2H3. The molecule has 34 heavy (non-hydrogen) atoms. The van der Waals surface area contributed by atoms with Gasteiger partial charge >= 0.3 is 6.18 Å². The molecule has 0 aromatic heterocycles. The number of piperazine rings is 1. The predicted molar refractivity (Wildman–Crippen MR) is 121 cm³/mol. The predicted octanol–water partition coefficient (Wildman–Crippen LogP) is 2.57. The second kappa shape index (κ2) is 11.2. The molecule has 0 radical (unpaired) electrons. The molecule has 2 fully saturated rings. The Morgan fingerprint density at radius 2 is 1.44 bits per heavy atom. The summed E-state index contributed by atoms with van der Waals surface area (Å²) in [5, 5.41) is 0. The summed E-state index contributed by atoms with van der Waals surface area (Å²) in [6.45, 7) is 8.93. The molecule has 2 heterocycles. The minimum atomic E-state index is -4.44. The van der Waals surface area contributed by atoms with E-state index in [9.17, 15) is 27.6 Å². The zero-order valence-electron chi connectivity index (χ0n) is 19.8. The summed E-state index contributed by atoms with van der Waals surface area (Å²) in [6.07, 6.45) is -3.37. The van der Waals surface area contributed by atoms with Crippen LogP contribution < -0.4 is 0 Å². The van der Waals surface area contributed by atoms with Gasteiger partial charge in [0.25, 0.3) is 5.91 Å². The van der Waals surface area contributed by atoms with Gasteiger partial charge in [-0.3, -0.25) is 19.3 Å². The first kappa shape index (κ1) is 26.0. The number of nitrogens with zero attached hydrogens (tertiary/aromatic N) is 4. The number of likely N-dealkylation sites (tertiary alicyclic amines) is 1. The molecule has 0 spiro atoms. The van der Waals surface area contributed by atoms with Crippen LogP contribution >= 0.6 is 0 Å². The largest absolute Gasteiger partial charge is 0.416 e. The minimum absolute atomic E-state index is 0.0800. The highest BCUT2D eigenvalue weighted by Gasteiger charge is 2.33. The number of rotatable bonds is 6. The SMILES string of the molecule is CCN(CC)C(=O)CN1CCN(C(=O)C2CCN(C(=O)c3ccc(C(F)(F)F)cc3)CC2)CC1. The Kier molecular flexibility index (Phi) is 8.57. The third-order valence-electron chi connectivity index (χ3n) is 6.75. The quantitative estimate of drug-likeness (QED) is 0.625. The number of likely N-dealkylation sites (N-methyl/N-ethyl adjacent to an activating group) is 1. The van der Waals surface area contributed by atoms with E-state index in [4.69, 9.17) is 0 Å². The van der Waals surface area contributed by atoms with E-state index in [0.29, 0.717) is 71.7 Å². The molecule has 0 atom stereocenters. The molecular weight excluding hydrogens is 449 g/mol. The van der Waals surface area contributed by atoms with Gasteiger partial charge in [-0.25, -0.2) is 0 Å².